The van der Waals surface area contributed by atoms with E-state index in [0.29, 0.717) is 5.69 Å². The fraction of sp³-hybridized carbons (Fsp3) is 0.185. The number of para-hydroxylation sites is 1. The first kappa shape index (κ1) is 24.2. The quantitative estimate of drug-likeness (QED) is 0.401. The number of nitrogens with zero attached hydrogens (tertiary/aromatic N) is 3. The zero-order valence-corrected chi connectivity index (χ0v) is 20.8. The first-order chi connectivity index (χ1) is 16.8. The van der Waals surface area contributed by atoms with Crippen molar-refractivity contribution in [3.8, 4) is 5.69 Å². The molecule has 0 saturated carbocycles. The van der Waals surface area contributed by atoms with Gasteiger partial charge in [0.1, 0.15) is 12.4 Å². The van der Waals surface area contributed by atoms with E-state index in [1.807, 2.05) is 61.9 Å². The van der Waals surface area contributed by atoms with Crippen LogP contribution in [0.15, 0.2) is 90.1 Å². The summed E-state index contributed by atoms with van der Waals surface area (Å²) in [5.74, 6) is 0.432. The Hall–Kier alpha value is -3.91. The number of imidazole rings is 1. The van der Waals surface area contributed by atoms with E-state index in [1.165, 1.54) is 16.4 Å². The molecule has 180 valence electrons. The number of rotatable bonds is 8. The number of amides is 1. The van der Waals surface area contributed by atoms with Crippen molar-refractivity contribution in [3.63, 3.8) is 0 Å². The van der Waals surface area contributed by atoms with Gasteiger partial charge in [-0.05, 0) is 61.7 Å². The molecule has 1 aromatic heterocycles. The maximum absolute atomic E-state index is 13.6. The number of benzene rings is 3. The van der Waals surface area contributed by atoms with Crippen molar-refractivity contribution in [1.82, 2.24) is 14.9 Å². The lowest BCUT2D eigenvalue weighted by Gasteiger charge is -2.26. The average molecular weight is 489 g/mol. The number of carbonyl (C=O) groups excluding carboxylic acids is 1. The van der Waals surface area contributed by atoms with Crippen molar-refractivity contribution in [3.05, 3.63) is 108 Å². The van der Waals surface area contributed by atoms with Crippen LogP contribution in [-0.2, 0) is 21.4 Å². The molecule has 1 heterocycles. The predicted octanol–water partition coefficient (Wildman–Crippen LogP) is 4.31. The number of nitrogens with one attached hydrogen (secondary N) is 1. The monoisotopic (exact) mass is 488 g/mol. The Morgan fingerprint density at radius 3 is 2.37 bits per heavy atom. The molecule has 7 nitrogen and oxygen atoms in total. The van der Waals surface area contributed by atoms with Gasteiger partial charge in [0.2, 0.25) is 5.91 Å². The van der Waals surface area contributed by atoms with E-state index in [2.05, 4.69) is 10.3 Å². The molecule has 0 unspecified atom stereocenters. The zero-order chi connectivity index (χ0) is 25.0. The van der Waals surface area contributed by atoms with Gasteiger partial charge in [-0.1, -0.05) is 48.5 Å². The summed E-state index contributed by atoms with van der Waals surface area (Å²) < 4.78 is 30.3. The molecule has 0 saturated heterocycles. The Kier molecular flexibility index (Phi) is 7.02. The largest absolute Gasteiger partial charge is 0.350 e. The van der Waals surface area contributed by atoms with Crippen molar-refractivity contribution >= 4 is 21.6 Å². The van der Waals surface area contributed by atoms with Gasteiger partial charge in [0.25, 0.3) is 10.0 Å². The average Bonchev–Trinajstić information content (AvgIpc) is 3.29. The van der Waals surface area contributed by atoms with Crippen LogP contribution in [0.5, 0.6) is 0 Å². The van der Waals surface area contributed by atoms with Crippen LogP contribution in [0.2, 0.25) is 0 Å². The highest BCUT2D eigenvalue weighted by Crippen LogP contribution is 2.28. The van der Waals surface area contributed by atoms with Gasteiger partial charge in [0.05, 0.1) is 16.3 Å². The molecule has 1 N–H and O–H groups in total. The molecular weight excluding hydrogens is 460 g/mol. The van der Waals surface area contributed by atoms with Crippen LogP contribution >= 0.6 is 0 Å². The van der Waals surface area contributed by atoms with Crippen LogP contribution in [0.25, 0.3) is 5.69 Å². The number of sulfonamides is 1. The number of anilines is 1. The van der Waals surface area contributed by atoms with E-state index in [1.54, 1.807) is 36.5 Å². The van der Waals surface area contributed by atoms with Gasteiger partial charge in [-0.15, -0.1) is 0 Å². The van der Waals surface area contributed by atoms with Gasteiger partial charge in [0.15, 0.2) is 0 Å². The number of aryl methyl sites for hydroxylation is 2. The van der Waals surface area contributed by atoms with Crippen LogP contribution in [0, 0.1) is 20.8 Å². The molecule has 1 amide bonds. The predicted molar refractivity (Wildman–Crippen MR) is 137 cm³/mol. The van der Waals surface area contributed by atoms with Gasteiger partial charge in [0, 0.05) is 18.9 Å². The topological polar surface area (TPSA) is 84.3 Å². The van der Waals surface area contributed by atoms with E-state index in [-0.39, 0.29) is 18.0 Å². The molecule has 0 aliphatic carbocycles. The standard InChI is InChI=1S/C27H28N4O3S/c1-20-10-9-15-25(21(20)2)31(35(33,34)24-12-5-4-6-13-24)19-27(32)29-18-23-11-7-8-14-26(23)30-17-16-28-22(30)3/h4-17H,18-19H2,1-3H3,(H,29,32). The number of carbonyl (C=O) groups is 1. The summed E-state index contributed by atoms with van der Waals surface area (Å²) in [5, 5.41) is 2.90. The van der Waals surface area contributed by atoms with E-state index in [0.717, 1.165) is 28.2 Å². The minimum Gasteiger partial charge on any atom is -0.350 e. The van der Waals surface area contributed by atoms with Crippen molar-refractivity contribution < 1.29 is 13.2 Å². The Morgan fingerprint density at radius 1 is 0.943 bits per heavy atom. The van der Waals surface area contributed by atoms with Gasteiger partial charge < -0.3 is 9.88 Å². The molecule has 3 aromatic carbocycles. The van der Waals surface area contributed by atoms with E-state index in [4.69, 9.17) is 0 Å². The van der Waals surface area contributed by atoms with Crippen LogP contribution < -0.4 is 9.62 Å². The smallest absolute Gasteiger partial charge is 0.264 e. The highest BCUT2D eigenvalue weighted by Gasteiger charge is 2.28. The Labute approximate surface area is 206 Å². The summed E-state index contributed by atoms with van der Waals surface area (Å²) >= 11 is 0. The second-order valence-corrected chi connectivity index (χ2v) is 10.2. The van der Waals surface area contributed by atoms with Crippen molar-refractivity contribution in [1.29, 1.82) is 0 Å². The molecule has 0 aliphatic heterocycles. The molecule has 8 heteroatoms. The molecule has 0 fully saturated rings. The van der Waals surface area contributed by atoms with Crippen molar-refractivity contribution in [2.45, 2.75) is 32.2 Å². The summed E-state index contributed by atoms with van der Waals surface area (Å²) in [4.78, 5) is 17.5. The van der Waals surface area contributed by atoms with E-state index >= 15 is 0 Å². The van der Waals surface area contributed by atoms with Crippen LogP contribution in [0.4, 0.5) is 5.69 Å². The zero-order valence-electron chi connectivity index (χ0n) is 20.0. The van der Waals surface area contributed by atoms with Gasteiger partial charge >= 0.3 is 0 Å². The number of hydrogen-bond donors (Lipinski definition) is 1. The van der Waals surface area contributed by atoms with Gasteiger partial charge in [-0.2, -0.15) is 0 Å². The van der Waals surface area contributed by atoms with Crippen molar-refractivity contribution in [2.75, 3.05) is 10.8 Å². The maximum Gasteiger partial charge on any atom is 0.264 e. The van der Waals surface area contributed by atoms with Crippen LogP contribution in [0.3, 0.4) is 0 Å². The molecule has 4 aromatic rings. The maximum atomic E-state index is 13.6. The third kappa shape index (κ3) is 5.12. The lowest BCUT2D eigenvalue weighted by Crippen LogP contribution is -2.41. The first-order valence-electron chi connectivity index (χ1n) is 11.3. The Balaban J connectivity index is 1.61. The molecule has 4 rings (SSSR count). The van der Waals surface area contributed by atoms with Gasteiger partial charge in [-0.3, -0.25) is 9.10 Å². The second kappa shape index (κ2) is 10.1. The SMILES string of the molecule is Cc1cccc(N(CC(=O)NCc2ccccc2-n2ccnc2C)S(=O)(=O)c2ccccc2)c1C. The first-order valence-corrected chi connectivity index (χ1v) is 12.7. The minimum absolute atomic E-state index is 0.134. The molecule has 0 spiro atoms. The molecule has 35 heavy (non-hydrogen) atoms. The highest BCUT2D eigenvalue weighted by atomic mass is 32.2. The highest BCUT2D eigenvalue weighted by molar-refractivity contribution is 7.92. The molecule has 0 bridgehead atoms. The van der Waals surface area contributed by atoms with Crippen LogP contribution in [0.1, 0.15) is 22.5 Å². The number of hydrogen-bond acceptors (Lipinski definition) is 4. The Bertz CT molecular complexity index is 1450. The third-order valence-electron chi connectivity index (χ3n) is 6.02. The van der Waals surface area contributed by atoms with Gasteiger partial charge in [-0.25, -0.2) is 13.4 Å². The molecular formula is C27H28N4O3S. The Morgan fingerprint density at radius 2 is 1.66 bits per heavy atom. The second-order valence-electron chi connectivity index (χ2n) is 8.29. The van der Waals surface area contributed by atoms with E-state index < -0.39 is 15.9 Å². The summed E-state index contributed by atoms with van der Waals surface area (Å²) in [6.07, 6.45) is 3.59. The third-order valence-corrected chi connectivity index (χ3v) is 7.79. The normalized spacial score (nSPS) is 11.3. The summed E-state index contributed by atoms with van der Waals surface area (Å²) in [5.41, 5.74) is 4.04. The lowest BCUT2D eigenvalue weighted by atomic mass is 10.1. The van der Waals surface area contributed by atoms with Crippen molar-refractivity contribution in [2.24, 2.45) is 0 Å². The van der Waals surface area contributed by atoms with E-state index in [9.17, 15) is 13.2 Å². The molecule has 0 radical (unpaired) electrons. The summed E-state index contributed by atoms with van der Waals surface area (Å²) in [7, 11) is -3.96. The lowest BCUT2D eigenvalue weighted by molar-refractivity contribution is -0.119. The fourth-order valence-corrected chi connectivity index (χ4v) is 5.43. The fourth-order valence-electron chi connectivity index (χ4n) is 3.93. The van der Waals surface area contributed by atoms with Crippen LogP contribution in [-0.4, -0.2) is 30.4 Å². The molecule has 0 atom stereocenters. The molecule has 0 aliphatic rings. The summed E-state index contributed by atoms with van der Waals surface area (Å²) in [6, 6.07) is 21.3. The summed E-state index contributed by atoms with van der Waals surface area (Å²) in [6.45, 7) is 5.60. The number of aromatic nitrogens is 2. The minimum atomic E-state index is -3.96.